The van der Waals surface area contributed by atoms with Crippen LogP contribution >= 0.6 is 11.8 Å². The van der Waals surface area contributed by atoms with Gasteiger partial charge >= 0.3 is 0 Å². The number of allylic oxidation sites excluding steroid dienone is 2. The van der Waals surface area contributed by atoms with Crippen LogP contribution in [-0.2, 0) is 4.79 Å². The van der Waals surface area contributed by atoms with Crippen LogP contribution in [0.15, 0.2) is 52.9 Å². The molecular formula is C22H22FNO2S. The van der Waals surface area contributed by atoms with Crippen molar-refractivity contribution in [3.63, 3.8) is 0 Å². The van der Waals surface area contributed by atoms with Crippen LogP contribution in [0.4, 0.5) is 4.39 Å². The third-order valence-electron chi connectivity index (χ3n) is 4.82. The highest BCUT2D eigenvalue weighted by Gasteiger charge is 2.24. The minimum absolute atomic E-state index is 0.174. The van der Waals surface area contributed by atoms with Gasteiger partial charge in [-0.2, -0.15) is 0 Å². The van der Waals surface area contributed by atoms with Gasteiger partial charge in [0.15, 0.2) is 0 Å². The Morgan fingerprint density at radius 3 is 2.52 bits per heavy atom. The molecule has 0 saturated carbocycles. The summed E-state index contributed by atoms with van der Waals surface area (Å²) in [5.41, 5.74) is 5.93. The zero-order valence-corrected chi connectivity index (χ0v) is 16.4. The van der Waals surface area contributed by atoms with E-state index in [0.29, 0.717) is 11.5 Å². The summed E-state index contributed by atoms with van der Waals surface area (Å²) in [5.74, 6) is -0.701. The highest BCUT2D eigenvalue weighted by atomic mass is 32.2. The number of amides is 1. The SMILES string of the molecule is CSc1ccc(/C=C2\C(C)=C(CCN(O)C(C)=O)c3cc(F)ccc32)cc1. The number of thioether (sulfide) groups is 1. The van der Waals surface area contributed by atoms with Crippen molar-refractivity contribution in [2.45, 2.75) is 25.2 Å². The van der Waals surface area contributed by atoms with E-state index < -0.39 is 5.91 Å². The van der Waals surface area contributed by atoms with E-state index in [2.05, 4.69) is 30.3 Å². The van der Waals surface area contributed by atoms with Gasteiger partial charge < -0.3 is 0 Å². The first-order valence-electron chi connectivity index (χ1n) is 8.74. The fourth-order valence-electron chi connectivity index (χ4n) is 3.32. The highest BCUT2D eigenvalue weighted by molar-refractivity contribution is 7.98. The van der Waals surface area contributed by atoms with Gasteiger partial charge in [-0.05, 0) is 83.4 Å². The second-order valence-electron chi connectivity index (χ2n) is 6.52. The van der Waals surface area contributed by atoms with Gasteiger partial charge in [0, 0.05) is 11.8 Å². The third-order valence-corrected chi connectivity index (χ3v) is 5.56. The highest BCUT2D eigenvalue weighted by Crippen LogP contribution is 2.43. The lowest BCUT2D eigenvalue weighted by Gasteiger charge is -2.13. The summed E-state index contributed by atoms with van der Waals surface area (Å²) < 4.78 is 13.9. The van der Waals surface area contributed by atoms with Crippen LogP contribution < -0.4 is 0 Å². The van der Waals surface area contributed by atoms with E-state index in [9.17, 15) is 14.4 Å². The van der Waals surface area contributed by atoms with Gasteiger partial charge in [0.05, 0.1) is 6.54 Å². The molecule has 0 aromatic heterocycles. The van der Waals surface area contributed by atoms with E-state index in [1.54, 1.807) is 17.8 Å². The summed E-state index contributed by atoms with van der Waals surface area (Å²) in [6.45, 7) is 3.49. The van der Waals surface area contributed by atoms with Gasteiger partial charge in [-0.1, -0.05) is 18.2 Å². The molecule has 5 heteroatoms. The standard InChI is InChI=1S/C22H22FNO2S/c1-14-19(10-11-24(26)15(2)25)22-13-17(23)6-9-20(22)21(14)12-16-4-7-18(27-3)8-5-16/h4-9,12-13,26H,10-11H2,1-3H3/b21-12+. The maximum Gasteiger partial charge on any atom is 0.242 e. The number of fused-ring (bicyclic) bond motifs is 1. The Bertz CT molecular complexity index is 932. The number of carbonyl (C=O) groups excluding carboxylic acids is 1. The molecule has 3 nitrogen and oxygen atoms in total. The largest absolute Gasteiger partial charge is 0.286 e. The van der Waals surface area contributed by atoms with Crippen LogP contribution in [0.5, 0.6) is 0 Å². The maximum atomic E-state index is 13.9. The third kappa shape index (κ3) is 4.15. The normalized spacial score (nSPS) is 14.6. The first-order chi connectivity index (χ1) is 12.9. The van der Waals surface area contributed by atoms with Crippen molar-refractivity contribution in [1.29, 1.82) is 0 Å². The Morgan fingerprint density at radius 1 is 1.19 bits per heavy atom. The average molecular weight is 383 g/mol. The monoisotopic (exact) mass is 383 g/mol. The molecule has 3 rings (SSSR count). The van der Waals surface area contributed by atoms with Gasteiger partial charge in [0.25, 0.3) is 0 Å². The summed E-state index contributed by atoms with van der Waals surface area (Å²) >= 11 is 1.70. The average Bonchev–Trinajstić information content (AvgIpc) is 2.91. The van der Waals surface area contributed by atoms with Crippen LogP contribution in [0.3, 0.4) is 0 Å². The number of hydrogen-bond acceptors (Lipinski definition) is 3. The molecule has 0 saturated heterocycles. The molecular weight excluding hydrogens is 361 g/mol. The molecule has 1 amide bonds. The number of halogens is 1. The Hall–Kier alpha value is -2.37. The van der Waals surface area contributed by atoms with Gasteiger partial charge in [0.1, 0.15) is 5.82 Å². The van der Waals surface area contributed by atoms with Crippen LogP contribution in [0.2, 0.25) is 0 Å². The molecule has 1 aliphatic rings. The van der Waals surface area contributed by atoms with E-state index >= 15 is 0 Å². The van der Waals surface area contributed by atoms with Gasteiger partial charge in [-0.3, -0.25) is 10.0 Å². The molecule has 0 atom stereocenters. The summed E-state index contributed by atoms with van der Waals surface area (Å²) in [5, 5.41) is 10.4. The molecule has 2 aromatic carbocycles. The zero-order chi connectivity index (χ0) is 19.6. The molecule has 0 aliphatic heterocycles. The van der Waals surface area contributed by atoms with E-state index in [1.807, 2.05) is 13.2 Å². The second kappa shape index (κ2) is 8.11. The molecule has 0 fully saturated rings. The molecule has 140 valence electrons. The minimum Gasteiger partial charge on any atom is -0.286 e. The Labute approximate surface area is 163 Å². The first-order valence-corrected chi connectivity index (χ1v) is 9.96. The maximum absolute atomic E-state index is 13.9. The summed E-state index contributed by atoms with van der Waals surface area (Å²) in [6, 6.07) is 13.1. The number of hydrogen-bond donors (Lipinski definition) is 1. The molecule has 0 spiro atoms. The summed E-state index contributed by atoms with van der Waals surface area (Å²) in [4.78, 5) is 12.5. The Morgan fingerprint density at radius 2 is 1.89 bits per heavy atom. The molecule has 0 unspecified atom stereocenters. The van der Waals surface area contributed by atoms with Gasteiger partial charge in [-0.15, -0.1) is 11.8 Å². The van der Waals surface area contributed by atoms with Gasteiger partial charge in [-0.25, -0.2) is 9.45 Å². The van der Waals surface area contributed by atoms with Crippen molar-refractivity contribution >= 4 is 34.9 Å². The summed E-state index contributed by atoms with van der Waals surface area (Å²) in [6.07, 6.45) is 4.60. The lowest BCUT2D eigenvalue weighted by molar-refractivity contribution is -0.162. The Balaban J connectivity index is 2.00. The van der Waals surface area contributed by atoms with Crippen molar-refractivity contribution < 1.29 is 14.4 Å². The topological polar surface area (TPSA) is 40.5 Å². The number of nitrogens with zero attached hydrogens (tertiary/aromatic N) is 1. The number of carbonyl (C=O) groups is 1. The van der Waals surface area contributed by atoms with Crippen LogP contribution in [0.1, 0.15) is 37.0 Å². The van der Waals surface area contributed by atoms with E-state index in [-0.39, 0.29) is 12.4 Å². The predicted octanol–water partition coefficient (Wildman–Crippen LogP) is 5.50. The fraction of sp³-hybridized carbons (Fsp3) is 0.227. The predicted molar refractivity (Wildman–Crippen MR) is 109 cm³/mol. The zero-order valence-electron chi connectivity index (χ0n) is 15.6. The number of rotatable bonds is 5. The smallest absolute Gasteiger partial charge is 0.242 e. The summed E-state index contributed by atoms with van der Waals surface area (Å²) in [7, 11) is 0. The van der Waals surface area contributed by atoms with Crippen molar-refractivity contribution in [1.82, 2.24) is 5.06 Å². The molecule has 1 N–H and O–H groups in total. The fourth-order valence-corrected chi connectivity index (χ4v) is 3.73. The molecule has 1 aliphatic carbocycles. The van der Waals surface area contributed by atoms with E-state index in [4.69, 9.17) is 0 Å². The lowest BCUT2D eigenvalue weighted by Crippen LogP contribution is -2.25. The van der Waals surface area contributed by atoms with Crippen LogP contribution in [0.25, 0.3) is 17.2 Å². The molecule has 2 aromatic rings. The van der Waals surface area contributed by atoms with Crippen LogP contribution in [0, 0.1) is 5.82 Å². The molecule has 0 radical (unpaired) electrons. The van der Waals surface area contributed by atoms with Crippen molar-refractivity contribution in [2.75, 3.05) is 12.8 Å². The quantitative estimate of drug-likeness (QED) is 0.421. The Kier molecular flexibility index (Phi) is 5.82. The number of benzene rings is 2. The van der Waals surface area contributed by atoms with Crippen molar-refractivity contribution in [2.24, 2.45) is 0 Å². The van der Waals surface area contributed by atoms with Crippen molar-refractivity contribution in [3.8, 4) is 0 Å². The minimum atomic E-state index is -0.407. The first kappa shape index (κ1) is 19.4. The second-order valence-corrected chi connectivity index (χ2v) is 7.40. The molecule has 27 heavy (non-hydrogen) atoms. The van der Waals surface area contributed by atoms with Gasteiger partial charge in [0.2, 0.25) is 5.91 Å². The molecule has 0 heterocycles. The van der Waals surface area contributed by atoms with E-state index in [0.717, 1.165) is 33.4 Å². The lowest BCUT2D eigenvalue weighted by atomic mass is 10.0. The van der Waals surface area contributed by atoms with Crippen molar-refractivity contribution in [3.05, 3.63) is 70.5 Å². The van der Waals surface area contributed by atoms with E-state index in [1.165, 1.54) is 24.0 Å². The van der Waals surface area contributed by atoms with Crippen LogP contribution in [-0.4, -0.2) is 29.0 Å². The molecule has 0 bridgehead atoms. The number of hydroxylamine groups is 2.